The smallest absolute Gasteiger partial charge is 0.319 e. The van der Waals surface area contributed by atoms with Gasteiger partial charge in [0.05, 0.1) is 12.5 Å². The van der Waals surface area contributed by atoms with Crippen molar-refractivity contribution in [2.24, 2.45) is 0 Å². The highest BCUT2D eigenvalue weighted by molar-refractivity contribution is 7.10. The molecular weight excluding hydrogens is 388 g/mol. The fourth-order valence-corrected chi connectivity index (χ4v) is 4.19. The summed E-state index contributed by atoms with van der Waals surface area (Å²) in [4.78, 5) is 39.2. The number of amides is 4. The minimum atomic E-state index is -0.299. The van der Waals surface area contributed by atoms with Gasteiger partial charge in [-0.15, -0.1) is 11.3 Å². The summed E-state index contributed by atoms with van der Waals surface area (Å²) in [6.45, 7) is 2.64. The van der Waals surface area contributed by atoms with Gasteiger partial charge in [0.2, 0.25) is 11.8 Å². The minimum absolute atomic E-state index is 0.0179. The van der Waals surface area contributed by atoms with Crippen molar-refractivity contribution in [1.82, 2.24) is 15.5 Å². The molecule has 1 fully saturated rings. The molecule has 4 amide bonds. The zero-order chi connectivity index (χ0) is 20.6. The zero-order valence-corrected chi connectivity index (χ0v) is 17.2. The number of likely N-dealkylation sites (tertiary alicyclic amines) is 1. The van der Waals surface area contributed by atoms with Crippen molar-refractivity contribution in [2.75, 3.05) is 18.4 Å². The monoisotopic (exact) mass is 414 g/mol. The maximum absolute atomic E-state index is 12.7. The maximum atomic E-state index is 12.7. The van der Waals surface area contributed by atoms with Gasteiger partial charge in [0.25, 0.3) is 0 Å². The molecule has 29 heavy (non-hydrogen) atoms. The topological polar surface area (TPSA) is 90.5 Å². The highest BCUT2D eigenvalue weighted by Gasteiger charge is 2.26. The van der Waals surface area contributed by atoms with Crippen molar-refractivity contribution >= 4 is 34.9 Å². The van der Waals surface area contributed by atoms with Crippen LogP contribution in [-0.4, -0.2) is 41.9 Å². The van der Waals surface area contributed by atoms with Crippen LogP contribution < -0.4 is 16.0 Å². The second kappa shape index (κ2) is 10.1. The third kappa shape index (κ3) is 6.32. The third-order valence-electron chi connectivity index (χ3n) is 4.86. The predicted molar refractivity (Wildman–Crippen MR) is 114 cm³/mol. The number of nitrogens with one attached hydrogen (secondary N) is 3. The molecular formula is C21H26N4O3S. The van der Waals surface area contributed by atoms with E-state index in [1.807, 2.05) is 52.7 Å². The maximum Gasteiger partial charge on any atom is 0.319 e. The molecule has 0 aliphatic carbocycles. The first-order chi connectivity index (χ1) is 14.0. The Hall–Kier alpha value is -2.87. The van der Waals surface area contributed by atoms with Gasteiger partial charge in [-0.1, -0.05) is 24.3 Å². The average molecular weight is 415 g/mol. The van der Waals surface area contributed by atoms with Crippen LogP contribution >= 0.6 is 11.3 Å². The minimum Gasteiger partial charge on any atom is -0.348 e. The van der Waals surface area contributed by atoms with Crippen molar-refractivity contribution in [2.45, 2.75) is 38.3 Å². The molecule has 3 rings (SSSR count). The van der Waals surface area contributed by atoms with Crippen LogP contribution in [-0.2, 0) is 9.59 Å². The Morgan fingerprint density at radius 1 is 1.10 bits per heavy atom. The standard InChI is InChI=1S/C21H26N4O3S/c1-15(26)22-18(19-8-5-13-29-19)14-20(27)25-11-9-17(10-12-25)24-21(28)23-16-6-3-2-4-7-16/h2-8,13,17-18H,9-12,14H2,1H3,(H,22,26)(H2,23,24,28). The lowest BCUT2D eigenvalue weighted by molar-refractivity contribution is -0.133. The van der Waals surface area contributed by atoms with E-state index in [1.54, 1.807) is 0 Å². The van der Waals surface area contributed by atoms with E-state index in [0.717, 1.165) is 10.6 Å². The number of thiophene rings is 1. The predicted octanol–water partition coefficient (Wildman–Crippen LogP) is 3.13. The average Bonchev–Trinajstić information content (AvgIpc) is 3.23. The normalized spacial score (nSPS) is 15.4. The molecule has 3 N–H and O–H groups in total. The van der Waals surface area contributed by atoms with Crippen LogP contribution in [0, 0.1) is 0 Å². The van der Waals surface area contributed by atoms with Gasteiger partial charge in [0.1, 0.15) is 0 Å². The fraction of sp³-hybridized carbons (Fsp3) is 0.381. The molecule has 2 aromatic rings. The highest BCUT2D eigenvalue weighted by atomic mass is 32.1. The number of hydrogen-bond donors (Lipinski definition) is 3. The van der Waals surface area contributed by atoms with E-state index in [0.29, 0.717) is 25.9 Å². The Morgan fingerprint density at radius 2 is 1.83 bits per heavy atom. The Balaban J connectivity index is 1.46. The number of piperidine rings is 1. The van der Waals surface area contributed by atoms with Crippen LogP contribution in [0.5, 0.6) is 0 Å². The SMILES string of the molecule is CC(=O)NC(CC(=O)N1CCC(NC(=O)Nc2ccccc2)CC1)c1cccs1. The number of para-hydroxylation sites is 1. The van der Waals surface area contributed by atoms with Crippen LogP contribution in [0.25, 0.3) is 0 Å². The quantitative estimate of drug-likeness (QED) is 0.678. The Labute approximate surface area is 174 Å². The molecule has 1 aromatic carbocycles. The van der Waals surface area contributed by atoms with E-state index in [2.05, 4.69) is 16.0 Å². The Kier molecular flexibility index (Phi) is 7.24. The van der Waals surface area contributed by atoms with Crippen molar-refractivity contribution in [3.8, 4) is 0 Å². The molecule has 154 valence electrons. The van der Waals surface area contributed by atoms with Gasteiger partial charge in [-0.05, 0) is 36.4 Å². The van der Waals surface area contributed by atoms with E-state index in [4.69, 9.17) is 0 Å². The summed E-state index contributed by atoms with van der Waals surface area (Å²) in [5.41, 5.74) is 0.746. The van der Waals surface area contributed by atoms with Crippen LogP contribution in [0.4, 0.5) is 10.5 Å². The van der Waals surface area contributed by atoms with Crippen LogP contribution in [0.2, 0.25) is 0 Å². The van der Waals surface area contributed by atoms with Gasteiger partial charge < -0.3 is 20.9 Å². The van der Waals surface area contributed by atoms with E-state index < -0.39 is 0 Å². The van der Waals surface area contributed by atoms with Gasteiger partial charge in [-0.25, -0.2) is 4.79 Å². The summed E-state index contributed by atoms with van der Waals surface area (Å²) in [5, 5.41) is 10.6. The second-order valence-corrected chi connectivity index (χ2v) is 8.07. The molecule has 1 atom stereocenters. The number of carbonyl (C=O) groups is 3. The summed E-state index contributed by atoms with van der Waals surface area (Å²) in [6, 6.07) is 12.6. The van der Waals surface area contributed by atoms with E-state index >= 15 is 0 Å². The van der Waals surface area contributed by atoms with Gasteiger partial charge in [0.15, 0.2) is 0 Å². The molecule has 0 spiro atoms. The molecule has 0 radical (unpaired) electrons. The zero-order valence-electron chi connectivity index (χ0n) is 16.4. The molecule has 0 bridgehead atoms. The molecule has 1 aliphatic heterocycles. The second-order valence-electron chi connectivity index (χ2n) is 7.09. The van der Waals surface area contributed by atoms with Crippen LogP contribution in [0.3, 0.4) is 0 Å². The molecule has 7 nitrogen and oxygen atoms in total. The molecule has 1 saturated heterocycles. The molecule has 1 aliphatic rings. The summed E-state index contributed by atoms with van der Waals surface area (Å²) in [5.74, 6) is -0.132. The van der Waals surface area contributed by atoms with E-state index in [9.17, 15) is 14.4 Å². The molecule has 2 heterocycles. The lowest BCUT2D eigenvalue weighted by Gasteiger charge is -2.33. The Morgan fingerprint density at radius 3 is 2.45 bits per heavy atom. The van der Waals surface area contributed by atoms with Gasteiger partial charge in [0, 0.05) is 36.6 Å². The largest absolute Gasteiger partial charge is 0.348 e. The highest BCUT2D eigenvalue weighted by Crippen LogP contribution is 2.24. The first kappa shape index (κ1) is 20.9. The van der Waals surface area contributed by atoms with Crippen molar-refractivity contribution in [3.05, 3.63) is 52.7 Å². The number of nitrogens with zero attached hydrogens (tertiary/aromatic N) is 1. The fourth-order valence-electron chi connectivity index (χ4n) is 3.41. The number of carbonyl (C=O) groups excluding carboxylic acids is 3. The molecule has 0 saturated carbocycles. The number of benzene rings is 1. The molecule has 1 aromatic heterocycles. The first-order valence-corrected chi connectivity index (χ1v) is 10.6. The Bertz CT molecular complexity index is 818. The van der Waals surface area contributed by atoms with E-state index in [1.165, 1.54) is 18.3 Å². The number of urea groups is 1. The molecule has 8 heteroatoms. The van der Waals surface area contributed by atoms with Crippen molar-refractivity contribution < 1.29 is 14.4 Å². The lowest BCUT2D eigenvalue weighted by Crippen LogP contribution is -2.48. The van der Waals surface area contributed by atoms with Crippen LogP contribution in [0.15, 0.2) is 47.8 Å². The van der Waals surface area contributed by atoms with Gasteiger partial charge in [-0.3, -0.25) is 9.59 Å². The van der Waals surface area contributed by atoms with E-state index in [-0.39, 0.29) is 36.3 Å². The van der Waals surface area contributed by atoms with Crippen LogP contribution in [0.1, 0.15) is 37.1 Å². The summed E-state index contributed by atoms with van der Waals surface area (Å²) < 4.78 is 0. The number of rotatable bonds is 6. The summed E-state index contributed by atoms with van der Waals surface area (Å²) >= 11 is 1.53. The van der Waals surface area contributed by atoms with Crippen molar-refractivity contribution in [3.63, 3.8) is 0 Å². The van der Waals surface area contributed by atoms with Crippen molar-refractivity contribution in [1.29, 1.82) is 0 Å². The summed E-state index contributed by atoms with van der Waals surface area (Å²) in [6.07, 6.45) is 1.65. The number of hydrogen-bond acceptors (Lipinski definition) is 4. The number of anilines is 1. The lowest BCUT2D eigenvalue weighted by atomic mass is 10.0. The first-order valence-electron chi connectivity index (χ1n) is 9.72. The summed E-state index contributed by atoms with van der Waals surface area (Å²) in [7, 11) is 0. The molecule has 1 unspecified atom stereocenters. The van der Waals surface area contributed by atoms with Gasteiger partial charge in [-0.2, -0.15) is 0 Å². The van der Waals surface area contributed by atoms with Gasteiger partial charge >= 0.3 is 6.03 Å². The third-order valence-corrected chi connectivity index (χ3v) is 5.84.